The molecule has 2 aromatic carbocycles. The van der Waals surface area contributed by atoms with Gasteiger partial charge in [-0.2, -0.15) is 0 Å². The molecule has 0 saturated heterocycles. The zero-order valence-corrected chi connectivity index (χ0v) is 12.4. The van der Waals surface area contributed by atoms with Gasteiger partial charge in [0.25, 0.3) is 0 Å². The fourth-order valence-corrected chi connectivity index (χ4v) is 2.61. The van der Waals surface area contributed by atoms with Crippen molar-refractivity contribution in [1.82, 2.24) is 9.55 Å². The van der Waals surface area contributed by atoms with Crippen LogP contribution in [0.3, 0.4) is 0 Å². The fraction of sp³-hybridized carbons (Fsp3) is 0.118. The first kappa shape index (κ1) is 12.9. The van der Waals surface area contributed by atoms with Gasteiger partial charge in [0.05, 0.1) is 5.69 Å². The van der Waals surface area contributed by atoms with Gasteiger partial charge in [0.2, 0.25) is 0 Å². The number of aromatic nitrogens is 2. The Bertz CT molecular complexity index is 797. The van der Waals surface area contributed by atoms with Crippen LogP contribution in [-0.4, -0.2) is 9.55 Å². The van der Waals surface area contributed by atoms with Crippen molar-refractivity contribution in [3.8, 4) is 16.9 Å². The molecule has 1 heterocycles. The Labute approximate surface area is 123 Å². The Balaban J connectivity index is 2.14. The van der Waals surface area contributed by atoms with Crippen LogP contribution in [0.15, 0.2) is 54.7 Å². The highest BCUT2D eigenvalue weighted by Crippen LogP contribution is 2.24. The van der Waals surface area contributed by atoms with E-state index >= 15 is 0 Å². The zero-order valence-electron chi connectivity index (χ0n) is 11.6. The van der Waals surface area contributed by atoms with Crippen molar-refractivity contribution >= 4 is 12.2 Å². The smallest absolute Gasteiger partial charge is 0.182 e. The van der Waals surface area contributed by atoms with Gasteiger partial charge < -0.3 is 4.98 Å². The summed E-state index contributed by atoms with van der Waals surface area (Å²) in [6.45, 7) is 4.22. The molecule has 0 radical (unpaired) electrons. The Morgan fingerprint density at radius 2 is 1.75 bits per heavy atom. The molecular formula is C17H16N2S. The van der Waals surface area contributed by atoms with Crippen molar-refractivity contribution in [2.24, 2.45) is 0 Å². The highest BCUT2D eigenvalue weighted by Gasteiger charge is 2.07. The summed E-state index contributed by atoms with van der Waals surface area (Å²) in [5.74, 6) is 0. The standard InChI is InChI=1S/C17H16N2S/c1-12-8-9-13(2)15(10-12)16-11-19(17(20)18-16)14-6-4-3-5-7-14/h3-11H,1-2H3,(H,18,20). The second kappa shape index (κ2) is 5.10. The molecule has 0 aliphatic heterocycles. The molecule has 0 saturated carbocycles. The molecule has 1 aromatic heterocycles. The van der Waals surface area contributed by atoms with E-state index in [1.807, 2.05) is 22.8 Å². The summed E-state index contributed by atoms with van der Waals surface area (Å²) in [6, 6.07) is 16.6. The quantitative estimate of drug-likeness (QED) is 0.667. The largest absolute Gasteiger partial charge is 0.330 e. The van der Waals surface area contributed by atoms with E-state index < -0.39 is 0 Å². The van der Waals surface area contributed by atoms with Crippen LogP contribution in [0.4, 0.5) is 0 Å². The Morgan fingerprint density at radius 1 is 1.00 bits per heavy atom. The number of hydrogen-bond acceptors (Lipinski definition) is 1. The van der Waals surface area contributed by atoms with Gasteiger partial charge in [0, 0.05) is 17.4 Å². The molecular weight excluding hydrogens is 264 g/mol. The zero-order chi connectivity index (χ0) is 14.1. The first-order valence-corrected chi connectivity index (χ1v) is 7.01. The number of nitrogens with zero attached hydrogens (tertiary/aromatic N) is 1. The summed E-state index contributed by atoms with van der Waals surface area (Å²) in [5.41, 5.74) is 5.82. The highest BCUT2D eigenvalue weighted by molar-refractivity contribution is 7.71. The van der Waals surface area contributed by atoms with E-state index in [1.54, 1.807) is 0 Å². The minimum Gasteiger partial charge on any atom is -0.330 e. The van der Waals surface area contributed by atoms with Crippen molar-refractivity contribution in [1.29, 1.82) is 0 Å². The van der Waals surface area contributed by atoms with Crippen LogP contribution in [0.25, 0.3) is 16.9 Å². The van der Waals surface area contributed by atoms with Gasteiger partial charge in [-0.3, -0.25) is 4.57 Å². The third kappa shape index (κ3) is 2.32. The summed E-state index contributed by atoms with van der Waals surface area (Å²) < 4.78 is 2.72. The van der Waals surface area contributed by atoms with Crippen LogP contribution in [0.2, 0.25) is 0 Å². The Kier molecular flexibility index (Phi) is 3.28. The minimum absolute atomic E-state index is 0.715. The van der Waals surface area contributed by atoms with E-state index in [-0.39, 0.29) is 0 Å². The molecule has 0 spiro atoms. The third-order valence-electron chi connectivity index (χ3n) is 3.44. The van der Waals surface area contributed by atoms with Crippen LogP contribution in [-0.2, 0) is 0 Å². The number of aryl methyl sites for hydroxylation is 2. The maximum Gasteiger partial charge on any atom is 0.182 e. The molecule has 0 aliphatic carbocycles. The van der Waals surface area contributed by atoms with Crippen molar-refractivity contribution in [2.45, 2.75) is 13.8 Å². The number of hydrogen-bond donors (Lipinski definition) is 1. The van der Waals surface area contributed by atoms with E-state index in [0.717, 1.165) is 11.4 Å². The summed E-state index contributed by atoms with van der Waals surface area (Å²) in [6.07, 6.45) is 2.07. The predicted octanol–water partition coefficient (Wildman–Crippen LogP) is 4.82. The average Bonchev–Trinajstić information content (AvgIpc) is 2.84. The molecule has 3 aromatic rings. The molecule has 2 nitrogen and oxygen atoms in total. The SMILES string of the molecule is Cc1ccc(C)c(-c2cn(-c3ccccc3)c(=S)[nH]2)c1. The van der Waals surface area contributed by atoms with Crippen molar-refractivity contribution in [3.05, 3.63) is 70.6 Å². The van der Waals surface area contributed by atoms with E-state index in [4.69, 9.17) is 12.2 Å². The van der Waals surface area contributed by atoms with Gasteiger partial charge in [0.1, 0.15) is 0 Å². The first-order valence-electron chi connectivity index (χ1n) is 6.60. The van der Waals surface area contributed by atoms with Crippen LogP contribution >= 0.6 is 12.2 Å². The van der Waals surface area contributed by atoms with Crippen LogP contribution in [0, 0.1) is 18.6 Å². The van der Waals surface area contributed by atoms with Gasteiger partial charge in [-0.15, -0.1) is 0 Å². The lowest BCUT2D eigenvalue weighted by Gasteiger charge is -2.04. The molecule has 0 unspecified atom stereocenters. The van der Waals surface area contributed by atoms with Crippen molar-refractivity contribution < 1.29 is 0 Å². The third-order valence-corrected chi connectivity index (χ3v) is 3.73. The Morgan fingerprint density at radius 3 is 2.50 bits per heavy atom. The highest BCUT2D eigenvalue weighted by atomic mass is 32.1. The molecule has 0 amide bonds. The summed E-state index contributed by atoms with van der Waals surface area (Å²) >= 11 is 5.44. The predicted molar refractivity (Wildman–Crippen MR) is 85.9 cm³/mol. The second-order valence-electron chi connectivity index (χ2n) is 5.00. The van der Waals surface area contributed by atoms with Crippen LogP contribution < -0.4 is 0 Å². The van der Waals surface area contributed by atoms with Gasteiger partial charge in [-0.1, -0.05) is 35.9 Å². The monoisotopic (exact) mass is 280 g/mol. The number of benzene rings is 2. The molecule has 0 bridgehead atoms. The summed E-state index contributed by atoms with van der Waals surface area (Å²) in [4.78, 5) is 3.31. The van der Waals surface area contributed by atoms with Crippen molar-refractivity contribution in [3.63, 3.8) is 0 Å². The molecule has 0 atom stereocenters. The molecule has 0 aliphatic rings. The molecule has 0 fully saturated rings. The van der Waals surface area contributed by atoms with Gasteiger partial charge in [0.15, 0.2) is 4.77 Å². The maximum absolute atomic E-state index is 5.44. The topological polar surface area (TPSA) is 20.7 Å². The number of rotatable bonds is 2. The molecule has 1 N–H and O–H groups in total. The number of nitrogens with one attached hydrogen (secondary N) is 1. The lowest BCUT2D eigenvalue weighted by molar-refractivity contribution is 1.03. The van der Waals surface area contributed by atoms with Crippen LogP contribution in [0.1, 0.15) is 11.1 Å². The first-order chi connectivity index (χ1) is 9.65. The second-order valence-corrected chi connectivity index (χ2v) is 5.38. The van der Waals surface area contributed by atoms with Crippen molar-refractivity contribution in [2.75, 3.05) is 0 Å². The molecule has 3 heteroatoms. The van der Waals surface area contributed by atoms with E-state index in [2.05, 4.69) is 55.4 Å². The van der Waals surface area contributed by atoms with E-state index in [0.29, 0.717) is 4.77 Å². The fourth-order valence-electron chi connectivity index (χ4n) is 2.34. The Hall–Kier alpha value is -2.13. The molecule has 3 rings (SSSR count). The summed E-state index contributed by atoms with van der Waals surface area (Å²) in [5, 5.41) is 0. The van der Waals surface area contributed by atoms with Gasteiger partial charge in [-0.05, 0) is 49.8 Å². The minimum atomic E-state index is 0.715. The molecule has 100 valence electrons. The lowest BCUT2D eigenvalue weighted by atomic mass is 10.0. The number of imidazole rings is 1. The van der Waals surface area contributed by atoms with Gasteiger partial charge in [-0.25, -0.2) is 0 Å². The number of para-hydroxylation sites is 1. The number of aromatic amines is 1. The van der Waals surface area contributed by atoms with E-state index in [1.165, 1.54) is 16.7 Å². The number of H-pyrrole nitrogens is 1. The molecule has 20 heavy (non-hydrogen) atoms. The average molecular weight is 280 g/mol. The van der Waals surface area contributed by atoms with Gasteiger partial charge >= 0.3 is 0 Å². The lowest BCUT2D eigenvalue weighted by Crippen LogP contribution is -1.90. The van der Waals surface area contributed by atoms with Crippen LogP contribution in [0.5, 0.6) is 0 Å². The normalized spacial score (nSPS) is 10.7. The maximum atomic E-state index is 5.44. The van der Waals surface area contributed by atoms with E-state index in [9.17, 15) is 0 Å². The summed E-state index contributed by atoms with van der Waals surface area (Å²) in [7, 11) is 0.